The third kappa shape index (κ3) is 3.19. The van der Waals surface area contributed by atoms with E-state index < -0.39 is 10.0 Å². The minimum absolute atomic E-state index is 0.0732. The lowest BCUT2D eigenvalue weighted by atomic mass is 10.2. The lowest BCUT2D eigenvalue weighted by molar-refractivity contribution is 0.174. The SMILES string of the molecule is CCN(Cc1ccc2c(c1)OCO2)S(=O)(=O)c1c(Cl)cccc1Cl. The highest BCUT2D eigenvalue weighted by Crippen LogP contribution is 2.35. The fourth-order valence-electron chi connectivity index (χ4n) is 2.47. The molecule has 3 rings (SSSR count). The molecule has 0 saturated carbocycles. The molecule has 0 aromatic heterocycles. The van der Waals surface area contributed by atoms with E-state index >= 15 is 0 Å². The van der Waals surface area contributed by atoms with E-state index in [-0.39, 0.29) is 34.8 Å². The van der Waals surface area contributed by atoms with Gasteiger partial charge in [-0.15, -0.1) is 0 Å². The maximum Gasteiger partial charge on any atom is 0.246 e. The first kappa shape index (κ1) is 17.4. The largest absolute Gasteiger partial charge is 0.454 e. The summed E-state index contributed by atoms with van der Waals surface area (Å²) in [4.78, 5) is -0.0732. The second-order valence-electron chi connectivity index (χ2n) is 5.17. The van der Waals surface area contributed by atoms with Gasteiger partial charge in [0.1, 0.15) is 4.90 Å². The van der Waals surface area contributed by atoms with Crippen LogP contribution >= 0.6 is 23.2 Å². The summed E-state index contributed by atoms with van der Waals surface area (Å²) >= 11 is 12.1. The van der Waals surface area contributed by atoms with Gasteiger partial charge in [-0.1, -0.05) is 42.3 Å². The lowest BCUT2D eigenvalue weighted by Crippen LogP contribution is -2.30. The van der Waals surface area contributed by atoms with Crippen molar-refractivity contribution in [2.75, 3.05) is 13.3 Å². The summed E-state index contributed by atoms with van der Waals surface area (Å²) in [6.07, 6.45) is 0. The number of hydrogen-bond donors (Lipinski definition) is 0. The molecular formula is C16H15Cl2NO4S. The van der Waals surface area contributed by atoms with Crippen molar-refractivity contribution in [1.82, 2.24) is 4.31 Å². The van der Waals surface area contributed by atoms with Crippen molar-refractivity contribution < 1.29 is 17.9 Å². The van der Waals surface area contributed by atoms with Gasteiger partial charge in [-0.05, 0) is 29.8 Å². The molecule has 1 aliphatic heterocycles. The van der Waals surface area contributed by atoms with Crippen molar-refractivity contribution in [2.45, 2.75) is 18.4 Å². The summed E-state index contributed by atoms with van der Waals surface area (Å²) in [7, 11) is -3.83. The Hall–Kier alpha value is -1.47. The molecule has 0 aliphatic carbocycles. The second kappa shape index (κ2) is 6.80. The van der Waals surface area contributed by atoms with Crippen molar-refractivity contribution >= 4 is 33.2 Å². The van der Waals surface area contributed by atoms with Crippen LogP contribution in [-0.2, 0) is 16.6 Å². The molecule has 1 heterocycles. The zero-order valence-corrected chi connectivity index (χ0v) is 15.2. The number of halogens is 2. The predicted molar refractivity (Wildman–Crippen MR) is 92.3 cm³/mol. The van der Waals surface area contributed by atoms with Crippen LogP contribution < -0.4 is 9.47 Å². The van der Waals surface area contributed by atoms with Crippen LogP contribution in [-0.4, -0.2) is 26.1 Å². The number of sulfonamides is 1. The maximum absolute atomic E-state index is 12.9. The molecule has 0 spiro atoms. The van der Waals surface area contributed by atoms with Crippen LogP contribution in [0.1, 0.15) is 12.5 Å². The molecule has 0 fully saturated rings. The van der Waals surface area contributed by atoms with Crippen molar-refractivity contribution in [3.05, 3.63) is 52.0 Å². The molecule has 0 N–H and O–H groups in total. The Morgan fingerprint density at radius 2 is 1.75 bits per heavy atom. The number of fused-ring (bicyclic) bond motifs is 1. The molecule has 8 heteroatoms. The predicted octanol–water partition coefficient (Wildman–Crippen LogP) is 3.93. The molecule has 1 aliphatic rings. The molecule has 0 radical (unpaired) electrons. The third-order valence-corrected chi connectivity index (χ3v) is 6.54. The molecule has 0 saturated heterocycles. The van der Waals surface area contributed by atoms with Gasteiger partial charge < -0.3 is 9.47 Å². The summed E-state index contributed by atoms with van der Waals surface area (Å²) in [5.74, 6) is 1.26. The second-order valence-corrected chi connectivity index (χ2v) is 7.86. The first-order chi connectivity index (χ1) is 11.4. The fourth-order valence-corrected chi connectivity index (χ4v) is 5.00. The Bertz CT molecular complexity index is 850. The van der Waals surface area contributed by atoms with Crippen LogP contribution in [0, 0.1) is 0 Å². The molecule has 2 aromatic carbocycles. The van der Waals surface area contributed by atoms with Crippen LogP contribution in [0.5, 0.6) is 11.5 Å². The van der Waals surface area contributed by atoms with Gasteiger partial charge in [0.15, 0.2) is 11.5 Å². The van der Waals surface area contributed by atoms with E-state index in [1.54, 1.807) is 31.2 Å². The number of ether oxygens (including phenoxy) is 2. The Morgan fingerprint density at radius 3 is 2.42 bits per heavy atom. The van der Waals surface area contributed by atoms with Crippen LogP contribution in [0.15, 0.2) is 41.3 Å². The number of rotatable bonds is 5. The maximum atomic E-state index is 12.9. The van der Waals surface area contributed by atoms with Crippen molar-refractivity contribution in [3.63, 3.8) is 0 Å². The summed E-state index contributed by atoms with van der Waals surface area (Å²) in [5.41, 5.74) is 0.785. The normalized spacial score (nSPS) is 13.5. The molecule has 24 heavy (non-hydrogen) atoms. The van der Waals surface area contributed by atoms with Crippen LogP contribution in [0.4, 0.5) is 0 Å². The Morgan fingerprint density at radius 1 is 1.08 bits per heavy atom. The summed E-state index contributed by atoms with van der Waals surface area (Å²) in [6, 6.07) is 9.97. The average molecular weight is 388 g/mol. The Labute approximate surface area is 150 Å². The monoisotopic (exact) mass is 387 g/mol. The molecule has 5 nitrogen and oxygen atoms in total. The summed E-state index contributed by atoms with van der Waals surface area (Å²) < 4.78 is 37.8. The van der Waals surface area contributed by atoms with E-state index in [4.69, 9.17) is 32.7 Å². The fraction of sp³-hybridized carbons (Fsp3) is 0.250. The molecule has 0 unspecified atom stereocenters. The summed E-state index contributed by atoms with van der Waals surface area (Å²) in [6.45, 7) is 2.38. The molecule has 0 bridgehead atoms. The smallest absolute Gasteiger partial charge is 0.246 e. The first-order valence-electron chi connectivity index (χ1n) is 7.26. The van der Waals surface area contributed by atoms with Gasteiger partial charge in [-0.25, -0.2) is 8.42 Å². The molecule has 128 valence electrons. The van der Waals surface area contributed by atoms with Crippen molar-refractivity contribution in [2.24, 2.45) is 0 Å². The first-order valence-corrected chi connectivity index (χ1v) is 9.45. The van der Waals surface area contributed by atoms with E-state index in [0.717, 1.165) is 5.56 Å². The standard InChI is InChI=1S/C16H15Cl2NO4S/c1-2-19(9-11-6-7-14-15(8-11)23-10-22-14)24(20,21)16-12(17)4-3-5-13(16)18/h3-8H,2,9-10H2,1H3. The number of benzene rings is 2. The zero-order chi connectivity index (χ0) is 17.3. The lowest BCUT2D eigenvalue weighted by Gasteiger charge is -2.22. The highest BCUT2D eigenvalue weighted by Gasteiger charge is 2.28. The van der Waals surface area contributed by atoms with Crippen molar-refractivity contribution in [1.29, 1.82) is 0 Å². The molecular weight excluding hydrogens is 373 g/mol. The van der Waals surface area contributed by atoms with Gasteiger partial charge in [-0.2, -0.15) is 4.31 Å². The highest BCUT2D eigenvalue weighted by atomic mass is 35.5. The zero-order valence-electron chi connectivity index (χ0n) is 12.8. The van der Waals surface area contributed by atoms with Crippen LogP contribution in [0.25, 0.3) is 0 Å². The minimum Gasteiger partial charge on any atom is -0.454 e. The molecule has 0 amide bonds. The van der Waals surface area contributed by atoms with E-state index in [1.165, 1.54) is 16.4 Å². The van der Waals surface area contributed by atoms with Gasteiger partial charge in [0.25, 0.3) is 0 Å². The van der Waals surface area contributed by atoms with Crippen LogP contribution in [0.2, 0.25) is 10.0 Å². The van der Waals surface area contributed by atoms with E-state index in [1.807, 2.05) is 0 Å². The van der Waals surface area contributed by atoms with Crippen LogP contribution in [0.3, 0.4) is 0 Å². The molecule has 0 atom stereocenters. The van der Waals surface area contributed by atoms with Gasteiger partial charge in [0.2, 0.25) is 16.8 Å². The average Bonchev–Trinajstić information content (AvgIpc) is 2.99. The third-order valence-electron chi connectivity index (χ3n) is 3.67. The minimum atomic E-state index is -3.83. The topological polar surface area (TPSA) is 55.8 Å². The van der Waals surface area contributed by atoms with Gasteiger partial charge in [0, 0.05) is 13.1 Å². The van der Waals surface area contributed by atoms with Gasteiger partial charge in [0.05, 0.1) is 10.0 Å². The quantitative estimate of drug-likeness (QED) is 0.779. The number of nitrogens with zero attached hydrogens (tertiary/aromatic N) is 1. The van der Waals surface area contributed by atoms with Gasteiger partial charge in [-0.3, -0.25) is 0 Å². The van der Waals surface area contributed by atoms with E-state index in [9.17, 15) is 8.42 Å². The summed E-state index contributed by atoms with van der Waals surface area (Å²) in [5, 5.41) is 0.207. The molecule has 2 aromatic rings. The highest BCUT2D eigenvalue weighted by molar-refractivity contribution is 7.89. The van der Waals surface area contributed by atoms with E-state index in [0.29, 0.717) is 11.5 Å². The Kier molecular flexibility index (Phi) is 4.92. The van der Waals surface area contributed by atoms with Crippen molar-refractivity contribution in [3.8, 4) is 11.5 Å². The Balaban J connectivity index is 1.93. The number of hydrogen-bond acceptors (Lipinski definition) is 4. The van der Waals surface area contributed by atoms with E-state index in [2.05, 4.69) is 0 Å². The van der Waals surface area contributed by atoms with Gasteiger partial charge >= 0.3 is 0 Å².